The van der Waals surface area contributed by atoms with E-state index in [1.165, 1.54) is 12.1 Å². The molecule has 1 aromatic rings. The Balaban J connectivity index is 1.87. The van der Waals surface area contributed by atoms with Crippen LogP contribution in [-0.4, -0.2) is 36.1 Å². The molecular weight excluding hydrogens is 323 g/mol. The van der Waals surface area contributed by atoms with Gasteiger partial charge in [0, 0.05) is 18.6 Å². The summed E-state index contributed by atoms with van der Waals surface area (Å²) in [6, 6.07) is 3.86. The van der Waals surface area contributed by atoms with E-state index in [1.54, 1.807) is 0 Å². The van der Waals surface area contributed by atoms with Crippen molar-refractivity contribution in [1.29, 1.82) is 0 Å². The number of amides is 2. The van der Waals surface area contributed by atoms with Crippen LogP contribution in [0.2, 0.25) is 5.02 Å². The summed E-state index contributed by atoms with van der Waals surface area (Å²) in [6.45, 7) is -0.236. The highest BCUT2D eigenvalue weighted by Gasteiger charge is 2.26. The summed E-state index contributed by atoms with van der Waals surface area (Å²) in [5, 5.41) is 14.5. The molecule has 2 amide bonds. The van der Waals surface area contributed by atoms with E-state index < -0.39 is 11.7 Å². The van der Waals surface area contributed by atoms with Gasteiger partial charge in [-0.2, -0.15) is 0 Å². The molecule has 0 radical (unpaired) electrons. The third-order valence-corrected chi connectivity index (χ3v) is 4.40. The second-order valence-electron chi connectivity index (χ2n) is 5.68. The molecule has 0 bridgehead atoms. The predicted octanol–water partition coefficient (Wildman–Crippen LogP) is 1.88. The lowest BCUT2D eigenvalue weighted by molar-refractivity contribution is -0.121. The van der Waals surface area contributed by atoms with E-state index in [0.717, 1.165) is 31.7 Å². The lowest BCUT2D eigenvalue weighted by Crippen LogP contribution is -2.47. The van der Waals surface area contributed by atoms with Crippen LogP contribution >= 0.6 is 11.6 Å². The maximum atomic E-state index is 13.6. The zero-order valence-electron chi connectivity index (χ0n) is 12.6. The molecule has 1 fully saturated rings. The highest BCUT2D eigenvalue weighted by Crippen LogP contribution is 2.23. The van der Waals surface area contributed by atoms with Gasteiger partial charge >= 0.3 is 0 Å². The van der Waals surface area contributed by atoms with E-state index in [0.29, 0.717) is 0 Å². The van der Waals surface area contributed by atoms with Crippen LogP contribution in [0.15, 0.2) is 18.2 Å². The lowest BCUT2D eigenvalue weighted by atomic mass is 9.85. The second-order valence-corrected chi connectivity index (χ2v) is 6.09. The molecule has 5 nitrogen and oxygen atoms in total. The topological polar surface area (TPSA) is 78.4 Å². The maximum absolute atomic E-state index is 13.6. The predicted molar refractivity (Wildman–Crippen MR) is 84.7 cm³/mol. The SMILES string of the molecule is O=C(CNC(=O)c1c(F)cccc1Cl)N[C@H]1CCCC[C@H]1CO. The molecular formula is C16H20ClFN2O3. The Morgan fingerprint density at radius 3 is 2.74 bits per heavy atom. The molecule has 0 spiro atoms. The van der Waals surface area contributed by atoms with E-state index in [-0.39, 0.29) is 41.6 Å². The van der Waals surface area contributed by atoms with Crippen molar-refractivity contribution in [3.63, 3.8) is 0 Å². The van der Waals surface area contributed by atoms with Gasteiger partial charge in [0.15, 0.2) is 0 Å². The van der Waals surface area contributed by atoms with Gasteiger partial charge in [-0.05, 0) is 25.0 Å². The summed E-state index contributed by atoms with van der Waals surface area (Å²) in [7, 11) is 0. The van der Waals surface area contributed by atoms with Crippen LogP contribution in [0.1, 0.15) is 36.0 Å². The smallest absolute Gasteiger partial charge is 0.256 e. The van der Waals surface area contributed by atoms with Crippen LogP contribution < -0.4 is 10.6 Å². The number of nitrogens with one attached hydrogen (secondary N) is 2. The van der Waals surface area contributed by atoms with E-state index in [2.05, 4.69) is 10.6 Å². The Labute approximate surface area is 139 Å². The van der Waals surface area contributed by atoms with Crippen LogP contribution in [-0.2, 0) is 4.79 Å². The zero-order chi connectivity index (χ0) is 16.8. The fourth-order valence-electron chi connectivity index (χ4n) is 2.84. The first-order valence-electron chi connectivity index (χ1n) is 7.65. The average molecular weight is 343 g/mol. The first-order valence-corrected chi connectivity index (χ1v) is 8.03. The standard InChI is InChI=1S/C16H20ClFN2O3/c17-11-5-3-6-12(18)15(11)16(23)19-8-14(22)20-13-7-2-1-4-10(13)9-21/h3,5-6,10,13,21H,1-2,4,7-9H2,(H,19,23)(H,20,22)/t10-,13-/m0/s1. The van der Waals surface area contributed by atoms with Gasteiger partial charge in [0.05, 0.1) is 17.1 Å². The monoisotopic (exact) mass is 342 g/mol. The Morgan fingerprint density at radius 1 is 1.30 bits per heavy atom. The molecule has 23 heavy (non-hydrogen) atoms. The number of aliphatic hydroxyl groups is 1. The molecule has 3 N–H and O–H groups in total. The number of benzene rings is 1. The normalized spacial score (nSPS) is 20.8. The molecule has 2 rings (SSSR count). The minimum absolute atomic E-state index is 0.00414. The van der Waals surface area contributed by atoms with Crippen molar-refractivity contribution < 1.29 is 19.1 Å². The minimum Gasteiger partial charge on any atom is -0.396 e. The number of carbonyl (C=O) groups is 2. The number of hydrogen-bond acceptors (Lipinski definition) is 3. The van der Waals surface area contributed by atoms with Crippen LogP contribution in [0.25, 0.3) is 0 Å². The van der Waals surface area contributed by atoms with Crippen LogP contribution in [0, 0.1) is 11.7 Å². The number of carbonyl (C=O) groups excluding carboxylic acids is 2. The largest absolute Gasteiger partial charge is 0.396 e. The van der Waals surface area contributed by atoms with Gasteiger partial charge in [-0.3, -0.25) is 9.59 Å². The molecule has 1 aliphatic carbocycles. The van der Waals surface area contributed by atoms with Crippen molar-refractivity contribution in [2.24, 2.45) is 5.92 Å². The number of rotatable bonds is 5. The molecule has 0 saturated heterocycles. The fourth-order valence-corrected chi connectivity index (χ4v) is 3.09. The average Bonchev–Trinajstić information content (AvgIpc) is 2.53. The molecule has 0 unspecified atom stereocenters. The van der Waals surface area contributed by atoms with E-state index in [9.17, 15) is 19.1 Å². The third kappa shape index (κ3) is 4.65. The van der Waals surface area contributed by atoms with Crippen molar-refractivity contribution in [1.82, 2.24) is 10.6 Å². The third-order valence-electron chi connectivity index (χ3n) is 4.09. The fraction of sp³-hybridized carbons (Fsp3) is 0.500. The molecule has 2 atom stereocenters. The molecule has 126 valence electrons. The zero-order valence-corrected chi connectivity index (χ0v) is 13.4. The van der Waals surface area contributed by atoms with Crippen molar-refractivity contribution in [2.45, 2.75) is 31.7 Å². The summed E-state index contributed by atoms with van der Waals surface area (Å²) in [5.74, 6) is -1.78. The molecule has 1 aromatic carbocycles. The highest BCUT2D eigenvalue weighted by atomic mass is 35.5. The van der Waals surface area contributed by atoms with Gasteiger partial charge in [-0.25, -0.2) is 4.39 Å². The second kappa shape index (κ2) is 8.26. The molecule has 0 aromatic heterocycles. The summed E-state index contributed by atoms with van der Waals surface area (Å²) >= 11 is 5.80. The summed E-state index contributed by atoms with van der Waals surface area (Å²) in [5.41, 5.74) is -0.270. The Bertz CT molecular complexity index is 562. The van der Waals surface area contributed by atoms with Gasteiger partial charge in [-0.15, -0.1) is 0 Å². The number of aliphatic hydroxyl groups excluding tert-OH is 1. The number of halogens is 2. The van der Waals surface area contributed by atoms with E-state index >= 15 is 0 Å². The molecule has 0 aliphatic heterocycles. The lowest BCUT2D eigenvalue weighted by Gasteiger charge is -2.30. The first-order chi connectivity index (χ1) is 11.0. The van der Waals surface area contributed by atoms with Crippen LogP contribution in [0.3, 0.4) is 0 Å². The minimum atomic E-state index is -0.733. The van der Waals surface area contributed by atoms with Crippen LogP contribution in [0.5, 0.6) is 0 Å². The molecule has 1 saturated carbocycles. The Morgan fingerprint density at radius 2 is 2.04 bits per heavy atom. The molecule has 1 aliphatic rings. The van der Waals surface area contributed by atoms with Gasteiger partial charge in [-0.1, -0.05) is 30.5 Å². The van der Waals surface area contributed by atoms with Gasteiger partial charge < -0.3 is 15.7 Å². The van der Waals surface area contributed by atoms with Crippen LogP contribution in [0.4, 0.5) is 4.39 Å². The van der Waals surface area contributed by atoms with Crippen molar-refractivity contribution in [3.05, 3.63) is 34.6 Å². The summed E-state index contributed by atoms with van der Waals surface area (Å²) < 4.78 is 13.6. The number of hydrogen-bond donors (Lipinski definition) is 3. The van der Waals surface area contributed by atoms with Crippen molar-refractivity contribution in [2.75, 3.05) is 13.2 Å². The van der Waals surface area contributed by atoms with Gasteiger partial charge in [0.25, 0.3) is 5.91 Å². The Kier molecular flexibility index (Phi) is 6.36. The quantitative estimate of drug-likeness (QED) is 0.764. The first kappa shape index (κ1) is 17.7. The molecule has 7 heteroatoms. The van der Waals surface area contributed by atoms with Crippen molar-refractivity contribution in [3.8, 4) is 0 Å². The summed E-state index contributed by atoms with van der Waals surface area (Å²) in [6.07, 6.45) is 3.72. The van der Waals surface area contributed by atoms with Gasteiger partial charge in [0.1, 0.15) is 5.82 Å². The van der Waals surface area contributed by atoms with Crippen molar-refractivity contribution >= 4 is 23.4 Å². The molecule has 0 heterocycles. The van der Waals surface area contributed by atoms with Gasteiger partial charge in [0.2, 0.25) is 5.91 Å². The van der Waals surface area contributed by atoms with E-state index in [4.69, 9.17) is 11.6 Å². The highest BCUT2D eigenvalue weighted by molar-refractivity contribution is 6.33. The maximum Gasteiger partial charge on any atom is 0.256 e. The summed E-state index contributed by atoms with van der Waals surface area (Å²) in [4.78, 5) is 23.9. The van der Waals surface area contributed by atoms with E-state index in [1.807, 2.05) is 0 Å². The Hall–Kier alpha value is -1.66.